The highest BCUT2D eigenvalue weighted by molar-refractivity contribution is 5.91. The van der Waals surface area contributed by atoms with E-state index in [0.29, 0.717) is 12.3 Å². The summed E-state index contributed by atoms with van der Waals surface area (Å²) in [5.74, 6) is -1.09. The first-order chi connectivity index (χ1) is 10.6. The fourth-order valence-corrected chi connectivity index (χ4v) is 2.01. The third kappa shape index (κ3) is 4.15. The molecule has 0 aliphatic rings. The molecular weight excluding hydrogens is 284 g/mol. The van der Waals surface area contributed by atoms with Gasteiger partial charge in [-0.2, -0.15) is 0 Å². The Morgan fingerprint density at radius 2 is 2.00 bits per heavy atom. The van der Waals surface area contributed by atoms with Crippen molar-refractivity contribution in [2.75, 3.05) is 6.61 Å². The number of nitrogens with two attached hydrogens (primary N) is 1. The number of carbonyl (C=O) groups is 2. The Kier molecular flexibility index (Phi) is 5.24. The first-order valence-electron chi connectivity index (χ1n) is 6.97. The van der Waals surface area contributed by atoms with Gasteiger partial charge in [0, 0.05) is 0 Å². The number of nitrogens with zero attached hydrogens (tertiary/aromatic N) is 3. The topological polar surface area (TPSA) is 100 Å². The summed E-state index contributed by atoms with van der Waals surface area (Å²) in [7, 11) is 0. The molecule has 0 atom stereocenters. The van der Waals surface area contributed by atoms with Crippen LogP contribution in [0.2, 0.25) is 0 Å². The Bertz CT molecular complexity index is 652. The Morgan fingerprint density at radius 3 is 2.64 bits per heavy atom. The van der Waals surface area contributed by atoms with Crippen LogP contribution in [-0.4, -0.2) is 33.5 Å². The standard InChI is InChI=1S/C15H18N4O3/c1-11-14(15(16)21)17-18-19(11)10-13(20)22-9-5-8-12-6-3-2-4-7-12/h2-4,6-7H,5,8-10H2,1H3,(H2,16,21). The fourth-order valence-electron chi connectivity index (χ4n) is 2.01. The monoisotopic (exact) mass is 302 g/mol. The van der Waals surface area contributed by atoms with Gasteiger partial charge in [0.25, 0.3) is 5.91 Å². The van der Waals surface area contributed by atoms with E-state index in [1.54, 1.807) is 6.92 Å². The molecule has 116 valence electrons. The SMILES string of the molecule is Cc1c(C(N)=O)nnn1CC(=O)OCCCc1ccccc1. The molecule has 1 aromatic carbocycles. The van der Waals surface area contributed by atoms with E-state index in [1.165, 1.54) is 10.2 Å². The molecule has 1 aromatic heterocycles. The van der Waals surface area contributed by atoms with Gasteiger partial charge in [-0.15, -0.1) is 5.10 Å². The number of esters is 1. The minimum absolute atomic E-state index is 0.0666. The number of primary amides is 1. The van der Waals surface area contributed by atoms with Crippen LogP contribution >= 0.6 is 0 Å². The van der Waals surface area contributed by atoms with Crippen LogP contribution in [0.3, 0.4) is 0 Å². The summed E-state index contributed by atoms with van der Waals surface area (Å²) in [4.78, 5) is 22.8. The predicted molar refractivity (Wildman–Crippen MR) is 79.0 cm³/mol. The maximum Gasteiger partial charge on any atom is 0.327 e. The lowest BCUT2D eigenvalue weighted by Crippen LogP contribution is -2.17. The van der Waals surface area contributed by atoms with Gasteiger partial charge >= 0.3 is 5.97 Å². The largest absolute Gasteiger partial charge is 0.464 e. The molecule has 0 bridgehead atoms. The number of benzene rings is 1. The van der Waals surface area contributed by atoms with Gasteiger partial charge in [0.1, 0.15) is 6.54 Å². The zero-order valence-corrected chi connectivity index (χ0v) is 12.4. The van der Waals surface area contributed by atoms with Gasteiger partial charge in [-0.05, 0) is 25.3 Å². The van der Waals surface area contributed by atoms with Crippen LogP contribution in [0.25, 0.3) is 0 Å². The summed E-state index contributed by atoms with van der Waals surface area (Å²) in [5.41, 5.74) is 6.87. The number of ether oxygens (including phenoxy) is 1. The zero-order chi connectivity index (χ0) is 15.9. The second kappa shape index (κ2) is 7.35. The van der Waals surface area contributed by atoms with Crippen LogP contribution in [-0.2, 0) is 22.5 Å². The number of rotatable bonds is 7. The Morgan fingerprint density at radius 1 is 1.27 bits per heavy atom. The van der Waals surface area contributed by atoms with Gasteiger partial charge in [-0.25, -0.2) is 4.68 Å². The highest BCUT2D eigenvalue weighted by atomic mass is 16.5. The molecule has 2 N–H and O–H groups in total. The number of carbonyl (C=O) groups excluding carboxylic acids is 2. The molecule has 22 heavy (non-hydrogen) atoms. The minimum Gasteiger partial charge on any atom is -0.464 e. The molecule has 0 fully saturated rings. The van der Waals surface area contributed by atoms with Crippen LogP contribution in [0.4, 0.5) is 0 Å². The lowest BCUT2D eigenvalue weighted by atomic mass is 10.1. The summed E-state index contributed by atoms with van der Waals surface area (Å²) in [5, 5.41) is 7.35. The van der Waals surface area contributed by atoms with Crippen molar-refractivity contribution in [1.29, 1.82) is 0 Å². The number of aromatic nitrogens is 3. The third-order valence-corrected chi connectivity index (χ3v) is 3.21. The molecule has 0 unspecified atom stereocenters. The summed E-state index contributed by atoms with van der Waals surface area (Å²) in [6.45, 7) is 1.88. The maximum absolute atomic E-state index is 11.7. The van der Waals surface area contributed by atoms with Gasteiger partial charge < -0.3 is 10.5 Å². The average molecular weight is 302 g/mol. The van der Waals surface area contributed by atoms with E-state index in [-0.39, 0.29) is 12.2 Å². The first-order valence-corrected chi connectivity index (χ1v) is 6.97. The van der Waals surface area contributed by atoms with Crippen molar-refractivity contribution >= 4 is 11.9 Å². The van der Waals surface area contributed by atoms with Crippen LogP contribution in [0.1, 0.15) is 28.2 Å². The van der Waals surface area contributed by atoms with Crippen LogP contribution < -0.4 is 5.73 Å². The summed E-state index contributed by atoms with van der Waals surface area (Å²) in [6, 6.07) is 9.98. The molecule has 0 saturated heterocycles. The Labute approximate surface area is 128 Å². The van der Waals surface area contributed by atoms with E-state index in [1.807, 2.05) is 30.3 Å². The van der Waals surface area contributed by atoms with Crippen LogP contribution in [0, 0.1) is 6.92 Å². The molecule has 2 rings (SSSR count). The summed E-state index contributed by atoms with van der Waals surface area (Å²) < 4.78 is 6.45. The quantitative estimate of drug-likeness (QED) is 0.604. The Balaban J connectivity index is 1.75. The lowest BCUT2D eigenvalue weighted by molar-refractivity contribution is -0.144. The molecule has 0 aliphatic carbocycles. The van der Waals surface area contributed by atoms with Gasteiger partial charge in [-0.3, -0.25) is 9.59 Å². The minimum atomic E-state index is -0.667. The van der Waals surface area contributed by atoms with Crippen molar-refractivity contribution in [2.45, 2.75) is 26.3 Å². The number of hydrogen-bond donors (Lipinski definition) is 1. The molecule has 0 spiro atoms. The van der Waals surface area contributed by atoms with Crippen molar-refractivity contribution in [1.82, 2.24) is 15.0 Å². The van der Waals surface area contributed by atoms with E-state index < -0.39 is 11.9 Å². The molecule has 0 saturated carbocycles. The van der Waals surface area contributed by atoms with E-state index in [9.17, 15) is 9.59 Å². The van der Waals surface area contributed by atoms with Crippen molar-refractivity contribution < 1.29 is 14.3 Å². The van der Waals surface area contributed by atoms with E-state index in [4.69, 9.17) is 10.5 Å². The van der Waals surface area contributed by atoms with E-state index >= 15 is 0 Å². The molecule has 0 aliphatic heterocycles. The lowest BCUT2D eigenvalue weighted by Gasteiger charge is -2.06. The maximum atomic E-state index is 11.7. The summed E-state index contributed by atoms with van der Waals surface area (Å²) in [6.07, 6.45) is 1.60. The zero-order valence-electron chi connectivity index (χ0n) is 12.4. The molecule has 0 radical (unpaired) electrons. The predicted octanol–water partition coefficient (Wildman–Crippen LogP) is 0.861. The average Bonchev–Trinajstić information content (AvgIpc) is 2.86. The van der Waals surface area contributed by atoms with Gasteiger partial charge in [-0.1, -0.05) is 35.5 Å². The molecule has 2 aromatic rings. The highest BCUT2D eigenvalue weighted by Crippen LogP contribution is 2.04. The van der Waals surface area contributed by atoms with Gasteiger partial charge in [0.05, 0.1) is 12.3 Å². The molecule has 7 heteroatoms. The van der Waals surface area contributed by atoms with Crippen LogP contribution in [0.5, 0.6) is 0 Å². The van der Waals surface area contributed by atoms with Crippen molar-refractivity contribution in [3.8, 4) is 0 Å². The second-order valence-electron chi connectivity index (χ2n) is 4.85. The van der Waals surface area contributed by atoms with E-state index in [2.05, 4.69) is 10.3 Å². The molecule has 1 amide bonds. The summed E-state index contributed by atoms with van der Waals surface area (Å²) >= 11 is 0. The van der Waals surface area contributed by atoms with Gasteiger partial charge in [0.15, 0.2) is 5.69 Å². The number of hydrogen-bond acceptors (Lipinski definition) is 5. The second-order valence-corrected chi connectivity index (χ2v) is 4.85. The Hall–Kier alpha value is -2.70. The molecule has 1 heterocycles. The van der Waals surface area contributed by atoms with Crippen molar-refractivity contribution in [2.24, 2.45) is 5.73 Å². The van der Waals surface area contributed by atoms with E-state index in [0.717, 1.165) is 12.8 Å². The number of aryl methyl sites for hydroxylation is 1. The third-order valence-electron chi connectivity index (χ3n) is 3.21. The smallest absolute Gasteiger partial charge is 0.327 e. The van der Waals surface area contributed by atoms with Crippen molar-refractivity contribution in [3.05, 3.63) is 47.3 Å². The van der Waals surface area contributed by atoms with Crippen molar-refractivity contribution in [3.63, 3.8) is 0 Å². The highest BCUT2D eigenvalue weighted by Gasteiger charge is 2.15. The van der Waals surface area contributed by atoms with Gasteiger partial charge in [0.2, 0.25) is 0 Å². The number of amides is 1. The normalized spacial score (nSPS) is 10.4. The molecule has 7 nitrogen and oxygen atoms in total. The van der Waals surface area contributed by atoms with Crippen LogP contribution in [0.15, 0.2) is 30.3 Å². The fraction of sp³-hybridized carbons (Fsp3) is 0.333. The molecular formula is C15H18N4O3. The first kappa shape index (κ1) is 15.7.